The smallest absolute Gasteiger partial charge is 0.323 e. The summed E-state index contributed by atoms with van der Waals surface area (Å²) < 4.78 is 8.57. The standard InChI is InChI=1S/C36H35Cl2N7O5/c1-44-29(18-40-36(13-14-36)35(48)49)43-45-19-21(15-28(45)34(44)47)23-5-3-6-24(31(23)37)25-7-4-8-26(32(25)38)27-11-9-20(33(42-27)50-2)16-39-17-22-10-12-30(46)41-22/h3-9,11,15,19,22,39-40H,10,12-14,16-18H2,1-2H3,(H,41,46)(H,48,49)/t22-/m1/s1. The normalized spacial score (nSPS) is 16.5. The van der Waals surface area contributed by atoms with Gasteiger partial charge in [-0.1, -0.05) is 65.7 Å². The maximum atomic E-state index is 13.3. The molecule has 258 valence electrons. The molecule has 50 heavy (non-hydrogen) atoms. The van der Waals surface area contributed by atoms with E-state index in [0.29, 0.717) is 93.1 Å². The van der Waals surface area contributed by atoms with Crippen molar-refractivity contribution in [1.82, 2.24) is 35.1 Å². The van der Waals surface area contributed by atoms with Crippen LogP contribution in [-0.2, 0) is 29.7 Å². The summed E-state index contributed by atoms with van der Waals surface area (Å²) in [4.78, 5) is 41.2. The number of aliphatic carboxylic acids is 1. The minimum Gasteiger partial charge on any atom is -0.481 e. The van der Waals surface area contributed by atoms with E-state index < -0.39 is 11.5 Å². The van der Waals surface area contributed by atoms with E-state index in [1.54, 1.807) is 26.4 Å². The Morgan fingerprint density at radius 2 is 1.74 bits per heavy atom. The molecule has 1 saturated heterocycles. The Morgan fingerprint density at radius 1 is 1.04 bits per heavy atom. The number of benzene rings is 2. The molecular weight excluding hydrogens is 681 g/mol. The zero-order valence-corrected chi connectivity index (χ0v) is 28.9. The zero-order valence-electron chi connectivity index (χ0n) is 27.4. The van der Waals surface area contributed by atoms with E-state index in [1.165, 1.54) is 9.08 Å². The lowest BCUT2D eigenvalue weighted by Gasteiger charge is -2.15. The third-order valence-electron chi connectivity index (χ3n) is 9.48. The number of hydrogen-bond acceptors (Lipinski definition) is 8. The molecule has 12 nitrogen and oxygen atoms in total. The maximum Gasteiger partial charge on any atom is 0.323 e. The molecule has 3 aromatic heterocycles. The summed E-state index contributed by atoms with van der Waals surface area (Å²) in [5.41, 5.74) is 4.14. The van der Waals surface area contributed by atoms with Crippen molar-refractivity contribution in [2.75, 3.05) is 13.7 Å². The molecule has 0 unspecified atom stereocenters. The van der Waals surface area contributed by atoms with Gasteiger partial charge in [0.25, 0.3) is 5.56 Å². The fourth-order valence-corrected chi connectivity index (χ4v) is 7.02. The summed E-state index contributed by atoms with van der Waals surface area (Å²) in [6.07, 6.45) is 4.18. The van der Waals surface area contributed by atoms with Gasteiger partial charge in [0.1, 0.15) is 16.9 Å². The van der Waals surface area contributed by atoms with Gasteiger partial charge < -0.3 is 20.5 Å². The molecule has 0 radical (unpaired) electrons. The summed E-state index contributed by atoms with van der Waals surface area (Å²) in [6, 6.07) is 17.0. The number of pyridine rings is 1. The number of halogens is 2. The van der Waals surface area contributed by atoms with Crippen molar-refractivity contribution >= 4 is 40.6 Å². The van der Waals surface area contributed by atoms with Crippen molar-refractivity contribution in [1.29, 1.82) is 0 Å². The van der Waals surface area contributed by atoms with Gasteiger partial charge >= 0.3 is 5.97 Å². The predicted octanol–water partition coefficient (Wildman–Crippen LogP) is 4.82. The fourth-order valence-electron chi connectivity index (χ4n) is 6.36. The SMILES string of the molecule is COc1nc(-c2cccc(-c3cccc(-c4cc5c(=O)n(C)c(CNC6(C(=O)O)CC6)nn5c4)c3Cl)c2Cl)ccc1CNC[C@H]1CCC(=O)N1. The van der Waals surface area contributed by atoms with E-state index in [4.69, 9.17) is 32.9 Å². The number of nitrogens with zero attached hydrogens (tertiary/aromatic N) is 4. The summed E-state index contributed by atoms with van der Waals surface area (Å²) in [7, 11) is 3.20. The number of amides is 1. The van der Waals surface area contributed by atoms with Crippen LogP contribution >= 0.6 is 23.2 Å². The molecule has 0 spiro atoms. The first-order valence-electron chi connectivity index (χ1n) is 16.3. The Labute approximate surface area is 297 Å². The van der Waals surface area contributed by atoms with Gasteiger partial charge in [-0.25, -0.2) is 9.50 Å². The molecule has 1 amide bonds. The average Bonchev–Trinajstić information content (AvgIpc) is 3.62. The lowest BCUT2D eigenvalue weighted by molar-refractivity contribution is -0.140. The van der Waals surface area contributed by atoms with Gasteiger partial charge in [0.05, 0.1) is 29.4 Å². The highest BCUT2D eigenvalue weighted by molar-refractivity contribution is 6.39. The monoisotopic (exact) mass is 715 g/mol. The molecule has 0 bridgehead atoms. The largest absolute Gasteiger partial charge is 0.481 e. The van der Waals surface area contributed by atoms with Crippen molar-refractivity contribution in [3.05, 3.63) is 92.6 Å². The second-order valence-corrected chi connectivity index (χ2v) is 13.5. The lowest BCUT2D eigenvalue weighted by Crippen LogP contribution is -2.40. The highest BCUT2D eigenvalue weighted by Crippen LogP contribution is 2.42. The molecule has 2 fully saturated rings. The molecule has 2 aromatic carbocycles. The minimum atomic E-state index is -0.957. The first-order chi connectivity index (χ1) is 24.1. The average molecular weight is 717 g/mol. The number of hydrogen-bond donors (Lipinski definition) is 4. The third kappa shape index (κ3) is 6.35. The molecule has 1 atom stereocenters. The molecule has 1 aliphatic carbocycles. The Bertz CT molecular complexity index is 2210. The molecule has 2 aliphatic rings. The predicted molar refractivity (Wildman–Crippen MR) is 190 cm³/mol. The van der Waals surface area contributed by atoms with Crippen molar-refractivity contribution in [3.63, 3.8) is 0 Å². The van der Waals surface area contributed by atoms with Crippen LogP contribution < -0.4 is 26.2 Å². The minimum absolute atomic E-state index is 0.0841. The maximum absolute atomic E-state index is 13.3. The molecule has 4 N–H and O–H groups in total. The van der Waals surface area contributed by atoms with Crippen molar-refractivity contribution in [3.8, 4) is 39.4 Å². The molecule has 1 aliphatic heterocycles. The second-order valence-electron chi connectivity index (χ2n) is 12.7. The quantitative estimate of drug-likeness (QED) is 0.143. The lowest BCUT2D eigenvalue weighted by atomic mass is 9.97. The highest BCUT2D eigenvalue weighted by Gasteiger charge is 2.50. The Balaban J connectivity index is 1.16. The second kappa shape index (κ2) is 13.5. The van der Waals surface area contributed by atoms with E-state index in [2.05, 4.69) is 21.0 Å². The summed E-state index contributed by atoms with van der Waals surface area (Å²) in [5.74, 6) is 0.0631. The van der Waals surface area contributed by atoms with Crippen LogP contribution in [-0.4, -0.2) is 61.4 Å². The summed E-state index contributed by atoms with van der Waals surface area (Å²) >= 11 is 14.2. The van der Waals surface area contributed by atoms with Gasteiger partial charge in [-0.3, -0.25) is 24.3 Å². The zero-order chi connectivity index (χ0) is 35.2. The van der Waals surface area contributed by atoms with Crippen LogP contribution in [0.25, 0.3) is 39.0 Å². The number of carboxylic acids is 1. The number of fused-ring (bicyclic) bond motifs is 1. The molecular formula is C36H35Cl2N7O5. The van der Waals surface area contributed by atoms with Crippen LogP contribution in [0.5, 0.6) is 5.88 Å². The molecule has 5 aromatic rings. The molecule has 14 heteroatoms. The van der Waals surface area contributed by atoms with Crippen LogP contribution in [0.2, 0.25) is 10.0 Å². The number of rotatable bonds is 12. The third-order valence-corrected chi connectivity index (χ3v) is 10.3. The summed E-state index contributed by atoms with van der Waals surface area (Å²) in [5, 5.41) is 24.4. The number of carbonyl (C=O) groups excluding carboxylic acids is 1. The van der Waals surface area contributed by atoms with Crippen LogP contribution in [0, 0.1) is 0 Å². The Kier molecular flexibility index (Phi) is 9.12. The summed E-state index contributed by atoms with van der Waals surface area (Å²) in [6.45, 7) is 1.32. The van der Waals surface area contributed by atoms with Crippen LogP contribution in [0.3, 0.4) is 0 Å². The molecule has 1 saturated carbocycles. The van der Waals surface area contributed by atoms with Crippen LogP contribution in [0.1, 0.15) is 37.1 Å². The number of nitrogens with one attached hydrogen (secondary N) is 3. The Hall–Kier alpha value is -4.75. The first-order valence-corrected chi connectivity index (χ1v) is 17.0. The number of methoxy groups -OCH3 is 1. The number of ether oxygens (including phenoxy) is 1. The first kappa shape index (κ1) is 33.7. The van der Waals surface area contributed by atoms with Gasteiger partial charge in [0.15, 0.2) is 0 Å². The number of aromatic nitrogens is 4. The van der Waals surface area contributed by atoms with Crippen molar-refractivity contribution in [2.24, 2.45) is 7.05 Å². The van der Waals surface area contributed by atoms with E-state index in [0.717, 1.165) is 12.0 Å². The number of carboxylic acid groups (broad SMARTS) is 1. The van der Waals surface area contributed by atoms with Crippen LogP contribution in [0.15, 0.2) is 65.6 Å². The van der Waals surface area contributed by atoms with E-state index in [-0.39, 0.29) is 24.1 Å². The van der Waals surface area contributed by atoms with Gasteiger partial charge in [-0.05, 0) is 31.4 Å². The number of carbonyl (C=O) groups is 2. The van der Waals surface area contributed by atoms with E-state index in [9.17, 15) is 19.5 Å². The van der Waals surface area contributed by atoms with Crippen molar-refractivity contribution in [2.45, 2.75) is 50.4 Å². The fraction of sp³-hybridized carbons (Fsp3) is 0.306. The van der Waals surface area contributed by atoms with Gasteiger partial charge in [0.2, 0.25) is 11.8 Å². The topological polar surface area (TPSA) is 152 Å². The molecule has 4 heterocycles. The van der Waals surface area contributed by atoms with E-state index in [1.807, 2.05) is 48.5 Å². The van der Waals surface area contributed by atoms with Gasteiger partial charge in [-0.15, -0.1) is 0 Å². The van der Waals surface area contributed by atoms with Gasteiger partial charge in [0, 0.05) is 72.2 Å². The van der Waals surface area contributed by atoms with Gasteiger partial charge in [-0.2, -0.15) is 5.10 Å². The van der Waals surface area contributed by atoms with Crippen molar-refractivity contribution < 1.29 is 19.4 Å². The highest BCUT2D eigenvalue weighted by atomic mass is 35.5. The van der Waals surface area contributed by atoms with Crippen LogP contribution in [0.4, 0.5) is 0 Å². The Morgan fingerprint density at radius 3 is 2.40 bits per heavy atom. The molecule has 7 rings (SSSR count). The van der Waals surface area contributed by atoms with E-state index >= 15 is 0 Å².